The summed E-state index contributed by atoms with van der Waals surface area (Å²) < 4.78 is 5.39. The van der Waals surface area contributed by atoms with Crippen molar-refractivity contribution >= 4 is 16.7 Å². The molecular weight excluding hydrogens is 238 g/mol. The second-order valence-corrected chi connectivity index (χ2v) is 5.37. The minimum atomic E-state index is 0.212. The average molecular weight is 257 g/mol. The van der Waals surface area contributed by atoms with Crippen LogP contribution in [0.2, 0.25) is 0 Å². The van der Waals surface area contributed by atoms with Crippen molar-refractivity contribution in [3.05, 3.63) is 29.5 Å². The summed E-state index contributed by atoms with van der Waals surface area (Å²) >= 11 is 0. The van der Waals surface area contributed by atoms with Crippen molar-refractivity contribution < 1.29 is 9.53 Å². The minimum absolute atomic E-state index is 0.212. The standard InChI is InChI=1S/C16H19NO2/c1-10-13(9-11-5-3-7-14(11)18)12-6-4-8-15(19-2)16(12)17-10/h4,6,8,11,17H,3,5,7,9H2,1-2H3. The van der Waals surface area contributed by atoms with Crippen molar-refractivity contribution in [1.29, 1.82) is 0 Å². The third-order valence-electron chi connectivity index (χ3n) is 4.22. The number of hydrogen-bond donors (Lipinski definition) is 1. The Morgan fingerprint density at radius 3 is 2.95 bits per heavy atom. The third-order valence-corrected chi connectivity index (χ3v) is 4.22. The number of para-hydroxylation sites is 1. The normalized spacial score (nSPS) is 19.3. The molecule has 0 spiro atoms. The number of ether oxygens (including phenoxy) is 1. The molecule has 1 atom stereocenters. The monoisotopic (exact) mass is 257 g/mol. The maximum Gasteiger partial charge on any atom is 0.142 e. The molecule has 3 rings (SSSR count). The molecule has 1 aliphatic rings. The van der Waals surface area contributed by atoms with Crippen LogP contribution in [0.4, 0.5) is 0 Å². The number of methoxy groups -OCH3 is 1. The van der Waals surface area contributed by atoms with Gasteiger partial charge in [0.15, 0.2) is 0 Å². The number of fused-ring (bicyclic) bond motifs is 1. The summed E-state index contributed by atoms with van der Waals surface area (Å²) in [6, 6.07) is 6.08. The van der Waals surface area contributed by atoms with Crippen LogP contribution in [0.5, 0.6) is 5.75 Å². The van der Waals surface area contributed by atoms with E-state index >= 15 is 0 Å². The van der Waals surface area contributed by atoms with Gasteiger partial charge in [0.1, 0.15) is 11.5 Å². The van der Waals surface area contributed by atoms with Gasteiger partial charge >= 0.3 is 0 Å². The number of Topliss-reactive ketones (excluding diaryl/α,β-unsaturated/α-hetero) is 1. The van der Waals surface area contributed by atoms with Gasteiger partial charge in [-0.05, 0) is 37.8 Å². The summed E-state index contributed by atoms with van der Waals surface area (Å²) in [6.07, 6.45) is 3.70. The van der Waals surface area contributed by atoms with E-state index in [0.717, 1.165) is 42.6 Å². The summed E-state index contributed by atoms with van der Waals surface area (Å²) in [5, 5.41) is 1.19. The summed E-state index contributed by atoms with van der Waals surface area (Å²) in [5.41, 5.74) is 3.47. The van der Waals surface area contributed by atoms with E-state index in [0.29, 0.717) is 5.78 Å². The number of carbonyl (C=O) groups excluding carboxylic acids is 1. The number of benzene rings is 1. The van der Waals surface area contributed by atoms with Crippen LogP contribution in [-0.2, 0) is 11.2 Å². The number of nitrogens with one attached hydrogen (secondary N) is 1. The van der Waals surface area contributed by atoms with E-state index in [4.69, 9.17) is 4.74 Å². The predicted molar refractivity (Wildman–Crippen MR) is 75.6 cm³/mol. The number of aryl methyl sites for hydroxylation is 1. The van der Waals surface area contributed by atoms with Crippen LogP contribution in [-0.4, -0.2) is 17.9 Å². The molecule has 0 aliphatic heterocycles. The van der Waals surface area contributed by atoms with Gasteiger partial charge in [-0.2, -0.15) is 0 Å². The highest BCUT2D eigenvalue weighted by atomic mass is 16.5. The van der Waals surface area contributed by atoms with Crippen LogP contribution < -0.4 is 4.74 Å². The van der Waals surface area contributed by atoms with Gasteiger partial charge in [-0.25, -0.2) is 0 Å². The molecule has 0 saturated heterocycles. The third kappa shape index (κ3) is 2.03. The smallest absolute Gasteiger partial charge is 0.142 e. The Balaban J connectivity index is 2.03. The number of aromatic amines is 1. The predicted octanol–water partition coefficient (Wildman–Crippen LogP) is 3.40. The minimum Gasteiger partial charge on any atom is -0.495 e. The number of H-pyrrole nitrogens is 1. The van der Waals surface area contributed by atoms with E-state index in [2.05, 4.69) is 18.0 Å². The van der Waals surface area contributed by atoms with Crippen molar-refractivity contribution in [3.8, 4) is 5.75 Å². The van der Waals surface area contributed by atoms with E-state index in [1.54, 1.807) is 7.11 Å². The fourth-order valence-electron chi connectivity index (χ4n) is 3.16. The van der Waals surface area contributed by atoms with Crippen LogP contribution in [0.3, 0.4) is 0 Å². The lowest BCUT2D eigenvalue weighted by atomic mass is 9.95. The highest BCUT2D eigenvalue weighted by molar-refractivity contribution is 5.90. The summed E-state index contributed by atoms with van der Waals surface area (Å²) in [5.74, 6) is 1.50. The molecule has 0 radical (unpaired) electrons. The van der Waals surface area contributed by atoms with Gasteiger partial charge in [-0.1, -0.05) is 12.1 Å². The lowest BCUT2D eigenvalue weighted by molar-refractivity contribution is -0.120. The summed E-state index contributed by atoms with van der Waals surface area (Å²) in [6.45, 7) is 2.08. The number of rotatable bonds is 3. The van der Waals surface area contributed by atoms with Crippen LogP contribution in [0.15, 0.2) is 18.2 Å². The molecule has 1 N–H and O–H groups in total. The molecule has 3 nitrogen and oxygen atoms in total. The maximum atomic E-state index is 11.8. The van der Waals surface area contributed by atoms with Gasteiger partial charge in [-0.3, -0.25) is 4.79 Å². The topological polar surface area (TPSA) is 42.1 Å². The van der Waals surface area contributed by atoms with Crippen molar-refractivity contribution in [2.45, 2.75) is 32.6 Å². The molecule has 3 heteroatoms. The molecule has 2 aromatic rings. The Bertz CT molecular complexity index is 627. The lowest BCUT2D eigenvalue weighted by Gasteiger charge is -2.08. The van der Waals surface area contributed by atoms with Crippen LogP contribution in [0.25, 0.3) is 10.9 Å². The fourth-order valence-corrected chi connectivity index (χ4v) is 3.16. The van der Waals surface area contributed by atoms with Gasteiger partial charge in [0.05, 0.1) is 12.6 Å². The second-order valence-electron chi connectivity index (χ2n) is 5.37. The van der Waals surface area contributed by atoms with Gasteiger partial charge in [0.25, 0.3) is 0 Å². The lowest BCUT2D eigenvalue weighted by Crippen LogP contribution is -2.09. The van der Waals surface area contributed by atoms with Gasteiger partial charge < -0.3 is 9.72 Å². The Labute approximate surface area is 113 Å². The molecule has 100 valence electrons. The molecule has 19 heavy (non-hydrogen) atoms. The van der Waals surface area contributed by atoms with Crippen molar-refractivity contribution in [2.24, 2.45) is 5.92 Å². The van der Waals surface area contributed by atoms with Gasteiger partial charge in [0, 0.05) is 23.4 Å². The molecule has 1 saturated carbocycles. The largest absolute Gasteiger partial charge is 0.495 e. The van der Waals surface area contributed by atoms with Crippen molar-refractivity contribution in [1.82, 2.24) is 4.98 Å². The first-order chi connectivity index (χ1) is 9.20. The first-order valence-electron chi connectivity index (χ1n) is 6.87. The zero-order valence-corrected chi connectivity index (χ0v) is 11.5. The van der Waals surface area contributed by atoms with Crippen molar-refractivity contribution in [3.63, 3.8) is 0 Å². The Morgan fingerprint density at radius 1 is 1.42 bits per heavy atom. The number of hydrogen-bond acceptors (Lipinski definition) is 2. The zero-order chi connectivity index (χ0) is 13.4. The SMILES string of the molecule is COc1cccc2c(CC3CCCC3=O)c(C)[nH]c12. The molecule has 0 bridgehead atoms. The molecule has 1 fully saturated rings. The Hall–Kier alpha value is -1.77. The van der Waals surface area contributed by atoms with E-state index in [-0.39, 0.29) is 5.92 Å². The first kappa shape index (κ1) is 12.3. The molecule has 1 heterocycles. The number of carbonyl (C=O) groups is 1. The van der Waals surface area contributed by atoms with Crippen molar-refractivity contribution in [2.75, 3.05) is 7.11 Å². The summed E-state index contributed by atoms with van der Waals surface area (Å²) in [7, 11) is 1.69. The van der Waals surface area contributed by atoms with Crippen LogP contribution in [0.1, 0.15) is 30.5 Å². The highest BCUT2D eigenvalue weighted by Gasteiger charge is 2.26. The summed E-state index contributed by atoms with van der Waals surface area (Å²) in [4.78, 5) is 15.2. The van der Waals surface area contributed by atoms with E-state index in [1.807, 2.05) is 12.1 Å². The molecule has 1 unspecified atom stereocenters. The molecule has 1 aliphatic carbocycles. The van der Waals surface area contributed by atoms with Gasteiger partial charge in [-0.15, -0.1) is 0 Å². The van der Waals surface area contributed by atoms with Crippen LogP contribution >= 0.6 is 0 Å². The number of aromatic nitrogens is 1. The number of ketones is 1. The second kappa shape index (κ2) is 4.72. The Kier molecular flexibility index (Phi) is 3.05. The van der Waals surface area contributed by atoms with E-state index in [9.17, 15) is 4.79 Å². The molecule has 0 amide bonds. The quantitative estimate of drug-likeness (QED) is 0.915. The fraction of sp³-hybridized carbons (Fsp3) is 0.438. The zero-order valence-electron chi connectivity index (χ0n) is 11.5. The highest BCUT2D eigenvalue weighted by Crippen LogP contribution is 2.33. The van der Waals surface area contributed by atoms with E-state index < -0.39 is 0 Å². The average Bonchev–Trinajstić information content (AvgIpc) is 2.95. The molecular formula is C16H19NO2. The van der Waals surface area contributed by atoms with Crippen LogP contribution in [0, 0.1) is 12.8 Å². The molecule has 1 aromatic carbocycles. The molecule has 1 aromatic heterocycles. The Morgan fingerprint density at radius 2 is 2.26 bits per heavy atom. The first-order valence-corrected chi connectivity index (χ1v) is 6.87. The maximum absolute atomic E-state index is 11.8. The van der Waals surface area contributed by atoms with E-state index in [1.165, 1.54) is 10.9 Å². The van der Waals surface area contributed by atoms with Gasteiger partial charge in [0.2, 0.25) is 0 Å².